The van der Waals surface area contributed by atoms with Crippen LogP contribution in [0.25, 0.3) is 0 Å². The van der Waals surface area contributed by atoms with E-state index in [0.29, 0.717) is 5.92 Å². The van der Waals surface area contributed by atoms with Gasteiger partial charge in [-0.3, -0.25) is 5.41 Å². The molecule has 1 heterocycles. The van der Waals surface area contributed by atoms with Crippen LogP contribution >= 0.6 is 0 Å². The van der Waals surface area contributed by atoms with E-state index in [0.717, 1.165) is 51.6 Å². The second kappa shape index (κ2) is 6.46. The number of piperidine rings is 1. The van der Waals surface area contributed by atoms with Crippen molar-refractivity contribution in [3.8, 4) is 0 Å². The van der Waals surface area contributed by atoms with Crippen LogP contribution < -0.4 is 11.1 Å². The van der Waals surface area contributed by atoms with Gasteiger partial charge in [0.1, 0.15) is 5.84 Å². The summed E-state index contributed by atoms with van der Waals surface area (Å²) in [5.41, 5.74) is 5.22. The molecule has 0 bridgehead atoms. The molecule has 1 aliphatic heterocycles. The minimum Gasteiger partial charge on any atom is -0.386 e. The van der Waals surface area contributed by atoms with Crippen LogP contribution in [0.5, 0.6) is 0 Å². The Hall–Kier alpha value is -1.26. The summed E-state index contributed by atoms with van der Waals surface area (Å²) in [7, 11) is 0. The van der Waals surface area contributed by atoms with Crippen molar-refractivity contribution < 1.29 is 4.79 Å². The first kappa shape index (κ1) is 15.1. The van der Waals surface area contributed by atoms with Gasteiger partial charge in [-0.25, -0.2) is 4.79 Å². The van der Waals surface area contributed by atoms with Gasteiger partial charge in [0.2, 0.25) is 0 Å². The summed E-state index contributed by atoms with van der Waals surface area (Å²) < 4.78 is 0. The molecule has 2 amide bonds. The minimum atomic E-state index is -0.601. The number of likely N-dealkylation sites (tertiary alicyclic amines) is 1. The molecule has 0 aromatic rings. The largest absolute Gasteiger partial charge is 0.386 e. The standard InChI is InChI=1S/C15H28N4O/c1-12-6-10-19(11-7-12)14(20)18-15(13(16)17)8-4-2-3-5-9-15/h12H,2-11H2,1H3,(H3,16,17)(H,18,20). The van der Waals surface area contributed by atoms with Crippen LogP contribution in [0, 0.1) is 11.3 Å². The van der Waals surface area contributed by atoms with Crippen molar-refractivity contribution in [2.75, 3.05) is 13.1 Å². The number of carbonyl (C=O) groups excluding carboxylic acids is 1. The van der Waals surface area contributed by atoms with Gasteiger partial charge >= 0.3 is 6.03 Å². The first-order chi connectivity index (χ1) is 9.53. The van der Waals surface area contributed by atoms with E-state index in [1.807, 2.05) is 4.90 Å². The minimum absolute atomic E-state index is 0.0333. The number of rotatable bonds is 2. The zero-order chi connectivity index (χ0) is 14.6. The molecule has 4 N–H and O–H groups in total. The Morgan fingerprint density at radius 3 is 2.25 bits per heavy atom. The zero-order valence-electron chi connectivity index (χ0n) is 12.6. The molecule has 20 heavy (non-hydrogen) atoms. The van der Waals surface area contributed by atoms with Crippen molar-refractivity contribution in [1.82, 2.24) is 10.2 Å². The molecule has 5 heteroatoms. The highest BCUT2D eigenvalue weighted by Gasteiger charge is 2.37. The zero-order valence-corrected chi connectivity index (χ0v) is 12.6. The Kier molecular flexibility index (Phi) is 4.89. The lowest BCUT2D eigenvalue weighted by atomic mass is 9.89. The second-order valence-corrected chi connectivity index (χ2v) is 6.51. The maximum atomic E-state index is 12.5. The monoisotopic (exact) mass is 280 g/mol. The molecule has 1 saturated heterocycles. The third-order valence-corrected chi connectivity index (χ3v) is 4.89. The highest BCUT2D eigenvalue weighted by molar-refractivity contribution is 5.91. The van der Waals surface area contributed by atoms with Crippen molar-refractivity contribution in [2.24, 2.45) is 11.7 Å². The second-order valence-electron chi connectivity index (χ2n) is 6.51. The fourth-order valence-electron chi connectivity index (χ4n) is 3.29. The van der Waals surface area contributed by atoms with Gasteiger partial charge < -0.3 is 16.0 Å². The van der Waals surface area contributed by atoms with E-state index in [9.17, 15) is 4.79 Å². The van der Waals surface area contributed by atoms with Crippen molar-refractivity contribution in [3.05, 3.63) is 0 Å². The Bertz CT molecular complexity index is 353. The van der Waals surface area contributed by atoms with Gasteiger partial charge in [-0.2, -0.15) is 0 Å². The molecule has 5 nitrogen and oxygen atoms in total. The molecule has 0 spiro atoms. The van der Waals surface area contributed by atoms with Crippen LogP contribution in [-0.4, -0.2) is 35.4 Å². The molecular weight excluding hydrogens is 252 g/mol. The molecule has 1 aliphatic carbocycles. The summed E-state index contributed by atoms with van der Waals surface area (Å²) in [5, 5.41) is 11.0. The van der Waals surface area contributed by atoms with Crippen LogP contribution in [0.2, 0.25) is 0 Å². The summed E-state index contributed by atoms with van der Waals surface area (Å²) in [5.74, 6) is 0.830. The van der Waals surface area contributed by atoms with Crippen molar-refractivity contribution in [2.45, 2.75) is 63.8 Å². The molecule has 0 radical (unpaired) electrons. The number of hydrogen-bond acceptors (Lipinski definition) is 2. The Morgan fingerprint density at radius 2 is 1.75 bits per heavy atom. The molecular formula is C15H28N4O. The smallest absolute Gasteiger partial charge is 0.318 e. The Morgan fingerprint density at radius 1 is 1.20 bits per heavy atom. The lowest BCUT2D eigenvalue weighted by Gasteiger charge is -2.37. The third kappa shape index (κ3) is 3.44. The van der Waals surface area contributed by atoms with E-state index in [1.54, 1.807) is 0 Å². The van der Waals surface area contributed by atoms with Gasteiger partial charge in [0.05, 0.1) is 5.54 Å². The van der Waals surface area contributed by atoms with Gasteiger partial charge in [0.25, 0.3) is 0 Å². The van der Waals surface area contributed by atoms with Gasteiger partial charge in [0.15, 0.2) is 0 Å². The molecule has 0 unspecified atom stereocenters. The molecule has 2 aliphatic rings. The average molecular weight is 280 g/mol. The predicted molar refractivity (Wildman–Crippen MR) is 80.8 cm³/mol. The van der Waals surface area contributed by atoms with Crippen molar-refractivity contribution >= 4 is 11.9 Å². The average Bonchev–Trinajstić information content (AvgIpc) is 2.66. The summed E-state index contributed by atoms with van der Waals surface area (Å²) in [6.07, 6.45) is 8.17. The van der Waals surface area contributed by atoms with Crippen LogP contribution in [0.3, 0.4) is 0 Å². The highest BCUT2D eigenvalue weighted by atomic mass is 16.2. The summed E-state index contributed by atoms with van der Waals surface area (Å²) in [6, 6.07) is -0.0333. The molecule has 114 valence electrons. The van der Waals surface area contributed by atoms with Crippen LogP contribution in [0.4, 0.5) is 4.79 Å². The first-order valence-corrected chi connectivity index (χ1v) is 7.95. The fourth-order valence-corrected chi connectivity index (χ4v) is 3.29. The summed E-state index contributed by atoms with van der Waals surface area (Å²) >= 11 is 0. The molecule has 2 rings (SSSR count). The van der Waals surface area contributed by atoms with E-state index >= 15 is 0 Å². The summed E-state index contributed by atoms with van der Waals surface area (Å²) in [6.45, 7) is 3.87. The topological polar surface area (TPSA) is 82.2 Å². The molecule has 0 aromatic heterocycles. The fraction of sp³-hybridized carbons (Fsp3) is 0.867. The number of nitrogens with zero attached hydrogens (tertiary/aromatic N) is 1. The predicted octanol–water partition coefficient (Wildman–Crippen LogP) is 2.46. The number of amidine groups is 1. The number of nitrogens with two attached hydrogens (primary N) is 1. The van der Waals surface area contributed by atoms with Crippen molar-refractivity contribution in [3.63, 3.8) is 0 Å². The van der Waals surface area contributed by atoms with Crippen molar-refractivity contribution in [1.29, 1.82) is 5.41 Å². The quantitative estimate of drug-likeness (QED) is 0.412. The molecule has 0 aromatic carbocycles. The van der Waals surface area contributed by atoms with Gasteiger partial charge in [-0.1, -0.05) is 32.6 Å². The van der Waals surface area contributed by atoms with Crippen LogP contribution in [0.15, 0.2) is 0 Å². The van der Waals surface area contributed by atoms with Crippen LogP contribution in [0.1, 0.15) is 58.3 Å². The van der Waals surface area contributed by atoms with E-state index < -0.39 is 5.54 Å². The van der Waals surface area contributed by atoms with E-state index in [1.165, 1.54) is 12.8 Å². The maximum Gasteiger partial charge on any atom is 0.318 e. The van der Waals surface area contributed by atoms with E-state index in [2.05, 4.69) is 12.2 Å². The van der Waals surface area contributed by atoms with Crippen LogP contribution in [-0.2, 0) is 0 Å². The van der Waals surface area contributed by atoms with Gasteiger partial charge in [-0.15, -0.1) is 0 Å². The number of urea groups is 1. The Labute approximate surface area is 121 Å². The number of amides is 2. The van der Waals surface area contributed by atoms with E-state index in [4.69, 9.17) is 11.1 Å². The molecule has 2 fully saturated rings. The number of nitrogens with one attached hydrogen (secondary N) is 2. The maximum absolute atomic E-state index is 12.5. The summed E-state index contributed by atoms with van der Waals surface area (Å²) in [4.78, 5) is 14.3. The van der Waals surface area contributed by atoms with Gasteiger partial charge in [-0.05, 0) is 31.6 Å². The Balaban J connectivity index is 2.00. The number of carbonyl (C=O) groups is 1. The van der Waals surface area contributed by atoms with E-state index in [-0.39, 0.29) is 11.9 Å². The molecule has 1 saturated carbocycles. The molecule has 0 atom stereocenters. The number of hydrogen-bond donors (Lipinski definition) is 3. The SMILES string of the molecule is CC1CCN(C(=O)NC2(C(=N)N)CCCCCC2)CC1. The van der Waals surface area contributed by atoms with Gasteiger partial charge in [0, 0.05) is 13.1 Å². The first-order valence-electron chi connectivity index (χ1n) is 7.95. The lowest BCUT2D eigenvalue weighted by molar-refractivity contribution is 0.165. The normalized spacial score (nSPS) is 23.9. The third-order valence-electron chi connectivity index (χ3n) is 4.89. The highest BCUT2D eigenvalue weighted by Crippen LogP contribution is 2.27. The lowest BCUT2D eigenvalue weighted by Crippen LogP contribution is -2.60.